The van der Waals surface area contributed by atoms with Gasteiger partial charge < -0.3 is 4.57 Å². The Morgan fingerprint density at radius 1 is 0.628 bits per heavy atom. The number of nitrogens with zero attached hydrogens (tertiary/aromatic N) is 3. The van der Waals surface area contributed by atoms with Crippen molar-refractivity contribution in [3.05, 3.63) is 131 Å². The molecule has 0 atom stereocenters. The molecule has 0 aliphatic rings. The van der Waals surface area contributed by atoms with Crippen molar-refractivity contribution in [1.29, 1.82) is 5.26 Å². The van der Waals surface area contributed by atoms with Crippen LogP contribution in [0.4, 0.5) is 5.69 Å². The molecule has 0 bridgehead atoms. The Morgan fingerprint density at radius 2 is 1.21 bits per heavy atom. The lowest BCUT2D eigenvalue weighted by Gasteiger charge is -2.19. The van der Waals surface area contributed by atoms with E-state index in [0.29, 0.717) is 11.3 Å². The van der Waals surface area contributed by atoms with Crippen LogP contribution in [0, 0.1) is 17.9 Å². The van der Waals surface area contributed by atoms with E-state index in [1.807, 2.05) is 24.3 Å². The highest BCUT2D eigenvalue weighted by Crippen LogP contribution is 2.42. The monoisotopic (exact) mass is 557 g/mol. The van der Waals surface area contributed by atoms with E-state index < -0.39 is 0 Å². The molecule has 0 spiro atoms. The summed E-state index contributed by atoms with van der Waals surface area (Å²) in [6.45, 7) is 21.4. The second-order valence-corrected chi connectivity index (χ2v) is 13.4. The maximum absolute atomic E-state index is 9.43. The number of aromatic nitrogens is 1. The summed E-state index contributed by atoms with van der Waals surface area (Å²) in [5.41, 5.74) is 11.0. The van der Waals surface area contributed by atoms with Crippen LogP contribution in [0.15, 0.2) is 103 Å². The molecule has 0 fully saturated rings. The molecule has 0 aliphatic carbocycles. The highest BCUT2D eigenvalue weighted by molar-refractivity contribution is 6.10. The molecule has 1 heterocycles. The van der Waals surface area contributed by atoms with Crippen molar-refractivity contribution in [2.24, 2.45) is 0 Å². The first-order chi connectivity index (χ1) is 20.5. The van der Waals surface area contributed by atoms with E-state index in [2.05, 4.69) is 124 Å². The first kappa shape index (κ1) is 28.0. The minimum Gasteiger partial charge on any atom is -0.309 e. The molecule has 210 valence electrons. The van der Waals surface area contributed by atoms with E-state index in [0.717, 1.165) is 27.9 Å². The minimum absolute atomic E-state index is 0.0358. The van der Waals surface area contributed by atoms with Crippen LogP contribution in [0.1, 0.15) is 58.2 Å². The molecule has 0 amide bonds. The standard InChI is InChI=1S/C40H35N3/c1-39(2,3)28-14-19-37-34(22-28)35-23-29(40(4,5)6)15-20-38(35)43(37)30-16-18-31(33(24-30)27-11-9-8-10-12-27)32-17-13-26(25-41)21-36(32)42-7/h8-24H,1-6H3. The van der Waals surface area contributed by atoms with E-state index in [1.54, 1.807) is 12.1 Å². The van der Waals surface area contributed by atoms with Crippen molar-refractivity contribution in [3.8, 4) is 34.0 Å². The van der Waals surface area contributed by atoms with Crippen molar-refractivity contribution in [2.45, 2.75) is 52.4 Å². The summed E-state index contributed by atoms with van der Waals surface area (Å²) >= 11 is 0. The van der Waals surface area contributed by atoms with Crippen LogP contribution < -0.4 is 0 Å². The maximum Gasteiger partial charge on any atom is 0.196 e. The van der Waals surface area contributed by atoms with Gasteiger partial charge in [0.05, 0.1) is 23.7 Å². The van der Waals surface area contributed by atoms with Crippen molar-refractivity contribution in [3.63, 3.8) is 0 Å². The second kappa shape index (κ2) is 10.3. The van der Waals surface area contributed by atoms with Gasteiger partial charge in [-0.05, 0) is 92.7 Å². The van der Waals surface area contributed by atoms with Crippen LogP contribution in [-0.2, 0) is 10.8 Å². The number of hydrogen-bond acceptors (Lipinski definition) is 1. The highest BCUT2D eigenvalue weighted by Gasteiger charge is 2.22. The van der Waals surface area contributed by atoms with Crippen LogP contribution >= 0.6 is 0 Å². The molecule has 0 saturated heterocycles. The summed E-state index contributed by atoms with van der Waals surface area (Å²) < 4.78 is 2.37. The molecular weight excluding hydrogens is 522 g/mol. The van der Waals surface area contributed by atoms with Gasteiger partial charge in [0.1, 0.15) is 0 Å². The molecule has 0 radical (unpaired) electrons. The summed E-state index contributed by atoms with van der Waals surface area (Å²) in [5, 5.41) is 11.9. The molecule has 5 aromatic carbocycles. The average Bonchev–Trinajstić information content (AvgIpc) is 3.33. The van der Waals surface area contributed by atoms with Crippen molar-refractivity contribution in [1.82, 2.24) is 4.57 Å². The Morgan fingerprint density at radius 3 is 1.74 bits per heavy atom. The summed E-state index contributed by atoms with van der Waals surface area (Å²) in [5.74, 6) is 0. The fraction of sp³-hybridized carbons (Fsp3) is 0.200. The van der Waals surface area contributed by atoms with E-state index >= 15 is 0 Å². The number of hydrogen-bond donors (Lipinski definition) is 0. The molecule has 0 N–H and O–H groups in total. The quantitative estimate of drug-likeness (QED) is 0.199. The van der Waals surface area contributed by atoms with E-state index in [1.165, 1.54) is 32.9 Å². The number of rotatable bonds is 3. The zero-order chi connectivity index (χ0) is 30.5. The first-order valence-electron chi connectivity index (χ1n) is 14.7. The molecule has 3 heteroatoms. The van der Waals surface area contributed by atoms with Crippen LogP contribution in [0.3, 0.4) is 0 Å². The lowest BCUT2D eigenvalue weighted by atomic mass is 9.85. The summed E-state index contributed by atoms with van der Waals surface area (Å²) in [6.07, 6.45) is 0. The molecule has 0 saturated carbocycles. The Balaban J connectivity index is 1.67. The van der Waals surface area contributed by atoms with Crippen LogP contribution in [-0.4, -0.2) is 4.57 Å². The Labute approximate surface area is 254 Å². The van der Waals surface area contributed by atoms with Crippen LogP contribution in [0.25, 0.3) is 54.6 Å². The first-order valence-corrected chi connectivity index (χ1v) is 14.7. The van der Waals surface area contributed by atoms with E-state index in [9.17, 15) is 5.26 Å². The predicted molar refractivity (Wildman–Crippen MR) is 180 cm³/mol. The fourth-order valence-corrected chi connectivity index (χ4v) is 5.92. The van der Waals surface area contributed by atoms with Crippen LogP contribution in [0.2, 0.25) is 0 Å². The van der Waals surface area contributed by atoms with Gasteiger partial charge in [0.25, 0.3) is 0 Å². The largest absolute Gasteiger partial charge is 0.309 e. The Bertz CT molecular complexity index is 2030. The minimum atomic E-state index is 0.0358. The Hall–Kier alpha value is -5.12. The molecular formula is C40H35N3. The smallest absolute Gasteiger partial charge is 0.196 e. The second-order valence-electron chi connectivity index (χ2n) is 13.4. The normalized spacial score (nSPS) is 11.9. The van der Waals surface area contributed by atoms with Crippen molar-refractivity contribution < 1.29 is 0 Å². The summed E-state index contributed by atoms with van der Waals surface area (Å²) in [6, 6.07) is 38.2. The van der Waals surface area contributed by atoms with Crippen molar-refractivity contribution >= 4 is 27.5 Å². The zero-order valence-electron chi connectivity index (χ0n) is 25.7. The molecule has 1 aromatic heterocycles. The van der Waals surface area contributed by atoms with Gasteiger partial charge in [-0.2, -0.15) is 5.26 Å². The van der Waals surface area contributed by atoms with Gasteiger partial charge in [-0.25, -0.2) is 4.85 Å². The third-order valence-corrected chi connectivity index (χ3v) is 8.38. The average molecular weight is 558 g/mol. The predicted octanol–water partition coefficient (Wildman–Crippen LogP) is 11.1. The number of benzene rings is 5. The van der Waals surface area contributed by atoms with E-state index in [4.69, 9.17) is 6.57 Å². The summed E-state index contributed by atoms with van der Waals surface area (Å²) in [4.78, 5) is 3.79. The van der Waals surface area contributed by atoms with Gasteiger partial charge in [-0.3, -0.25) is 0 Å². The van der Waals surface area contributed by atoms with E-state index in [-0.39, 0.29) is 10.8 Å². The molecule has 6 rings (SSSR count). The third-order valence-electron chi connectivity index (χ3n) is 8.38. The molecule has 0 unspecified atom stereocenters. The van der Waals surface area contributed by atoms with Gasteiger partial charge >= 0.3 is 0 Å². The van der Waals surface area contributed by atoms with Crippen LogP contribution in [0.5, 0.6) is 0 Å². The summed E-state index contributed by atoms with van der Waals surface area (Å²) in [7, 11) is 0. The lowest BCUT2D eigenvalue weighted by Crippen LogP contribution is -2.10. The van der Waals surface area contributed by atoms with Gasteiger partial charge in [0.2, 0.25) is 0 Å². The topological polar surface area (TPSA) is 33.1 Å². The fourth-order valence-electron chi connectivity index (χ4n) is 5.92. The molecule has 43 heavy (non-hydrogen) atoms. The maximum atomic E-state index is 9.43. The molecule has 6 aromatic rings. The van der Waals surface area contributed by atoms with Gasteiger partial charge in [0.15, 0.2) is 5.69 Å². The van der Waals surface area contributed by atoms with Crippen molar-refractivity contribution in [2.75, 3.05) is 0 Å². The Kier molecular flexibility index (Phi) is 6.71. The third kappa shape index (κ3) is 4.98. The SMILES string of the molecule is [C-]#[N+]c1cc(C#N)ccc1-c1ccc(-n2c3ccc(C(C)(C)C)cc3c3cc(C(C)(C)C)ccc32)cc1-c1ccccc1. The zero-order valence-corrected chi connectivity index (χ0v) is 25.7. The lowest BCUT2D eigenvalue weighted by molar-refractivity contribution is 0.590. The molecule has 3 nitrogen and oxygen atoms in total. The van der Waals surface area contributed by atoms with Gasteiger partial charge in [0, 0.05) is 22.0 Å². The van der Waals surface area contributed by atoms with Gasteiger partial charge in [-0.1, -0.05) is 96.1 Å². The number of nitriles is 1. The number of fused-ring (bicyclic) bond motifs is 3. The highest BCUT2D eigenvalue weighted by atomic mass is 15.0. The van der Waals surface area contributed by atoms with Gasteiger partial charge in [-0.15, -0.1) is 0 Å². The molecule has 0 aliphatic heterocycles.